The first kappa shape index (κ1) is 25.5. The normalized spacial score (nSPS) is 25.5. The summed E-state index contributed by atoms with van der Waals surface area (Å²) in [6.45, 7) is 0.569. The van der Waals surface area contributed by atoms with Gasteiger partial charge in [-0.1, -0.05) is 109 Å². The molecule has 1 aliphatic carbocycles. The SMILES string of the molecule is COc1ccccc1CC(=O)C1NC[C@@H]2[C@H]1C(c1ccccc1)(c1ccccc1)CC[C@@]2(O)c1ccccc1. The highest BCUT2D eigenvalue weighted by atomic mass is 16.5. The maximum absolute atomic E-state index is 14.2. The smallest absolute Gasteiger partial charge is 0.154 e. The molecule has 6 rings (SSSR count). The van der Waals surface area contributed by atoms with Crippen LogP contribution >= 0.6 is 0 Å². The summed E-state index contributed by atoms with van der Waals surface area (Å²) in [5, 5.41) is 16.1. The third-order valence-corrected chi connectivity index (χ3v) is 9.19. The number of ether oxygens (including phenoxy) is 1. The van der Waals surface area contributed by atoms with E-state index in [0.29, 0.717) is 13.0 Å². The lowest BCUT2D eigenvalue weighted by molar-refractivity contribution is -0.125. The van der Waals surface area contributed by atoms with Crippen molar-refractivity contribution < 1.29 is 14.6 Å². The van der Waals surface area contributed by atoms with Gasteiger partial charge < -0.3 is 15.2 Å². The maximum Gasteiger partial charge on any atom is 0.154 e. The molecule has 198 valence electrons. The molecule has 0 amide bonds. The number of fused-ring (bicyclic) bond motifs is 1. The molecule has 1 unspecified atom stereocenters. The van der Waals surface area contributed by atoms with Crippen molar-refractivity contribution in [2.75, 3.05) is 13.7 Å². The summed E-state index contributed by atoms with van der Waals surface area (Å²) < 4.78 is 5.57. The Hall–Kier alpha value is -3.73. The van der Waals surface area contributed by atoms with Crippen molar-refractivity contribution in [3.8, 4) is 5.75 Å². The van der Waals surface area contributed by atoms with Crippen molar-refractivity contribution in [1.82, 2.24) is 5.32 Å². The van der Waals surface area contributed by atoms with E-state index in [2.05, 4.69) is 53.8 Å². The minimum Gasteiger partial charge on any atom is -0.496 e. The van der Waals surface area contributed by atoms with Gasteiger partial charge in [0.1, 0.15) is 5.75 Å². The molecule has 4 atom stereocenters. The molecular weight excluding hydrogens is 482 g/mol. The molecule has 0 radical (unpaired) electrons. The second-order valence-corrected chi connectivity index (χ2v) is 11.0. The van der Waals surface area contributed by atoms with Crippen molar-refractivity contribution in [2.45, 2.75) is 36.3 Å². The predicted octanol–water partition coefficient (Wildman–Crippen LogP) is 5.68. The number of carbonyl (C=O) groups excluding carboxylic acids is 1. The monoisotopic (exact) mass is 517 g/mol. The predicted molar refractivity (Wildman–Crippen MR) is 154 cm³/mol. The Balaban J connectivity index is 1.51. The first-order valence-corrected chi connectivity index (χ1v) is 13.8. The van der Waals surface area contributed by atoms with E-state index in [4.69, 9.17) is 4.74 Å². The zero-order valence-corrected chi connectivity index (χ0v) is 22.3. The Morgan fingerprint density at radius 2 is 1.33 bits per heavy atom. The van der Waals surface area contributed by atoms with Gasteiger partial charge in [-0.15, -0.1) is 0 Å². The zero-order valence-electron chi connectivity index (χ0n) is 22.3. The number of aliphatic hydroxyl groups is 1. The van der Waals surface area contributed by atoms with Crippen molar-refractivity contribution >= 4 is 5.78 Å². The Bertz CT molecular complexity index is 1380. The lowest BCUT2D eigenvalue weighted by Crippen LogP contribution is -2.56. The van der Waals surface area contributed by atoms with Crippen LogP contribution in [-0.4, -0.2) is 30.6 Å². The molecule has 1 heterocycles. The summed E-state index contributed by atoms with van der Waals surface area (Å²) in [5.74, 6) is 0.548. The number of nitrogens with one attached hydrogen (secondary N) is 1. The molecular formula is C35H35NO3. The van der Waals surface area contributed by atoms with Gasteiger partial charge in [0.25, 0.3) is 0 Å². The first-order valence-electron chi connectivity index (χ1n) is 13.8. The summed E-state index contributed by atoms with van der Waals surface area (Å²) in [5.41, 5.74) is 2.73. The van der Waals surface area contributed by atoms with Gasteiger partial charge in [0.15, 0.2) is 5.78 Å². The van der Waals surface area contributed by atoms with Crippen molar-refractivity contribution in [1.29, 1.82) is 0 Å². The fourth-order valence-electron chi connectivity index (χ4n) is 7.43. The molecule has 4 aromatic rings. The van der Waals surface area contributed by atoms with Gasteiger partial charge in [-0.3, -0.25) is 4.79 Å². The number of hydrogen-bond donors (Lipinski definition) is 2. The van der Waals surface area contributed by atoms with Crippen LogP contribution in [0.25, 0.3) is 0 Å². The van der Waals surface area contributed by atoms with Gasteiger partial charge in [-0.05, 0) is 35.6 Å². The van der Waals surface area contributed by atoms with Crippen LogP contribution in [0.1, 0.15) is 35.1 Å². The largest absolute Gasteiger partial charge is 0.496 e. The van der Waals surface area contributed by atoms with Crippen molar-refractivity contribution in [3.05, 3.63) is 138 Å². The van der Waals surface area contributed by atoms with E-state index < -0.39 is 17.1 Å². The molecule has 2 aliphatic rings. The van der Waals surface area contributed by atoms with E-state index in [0.717, 1.165) is 23.3 Å². The molecule has 2 fully saturated rings. The summed E-state index contributed by atoms with van der Waals surface area (Å²) in [6, 6.07) is 38.5. The minimum absolute atomic E-state index is 0.126. The Labute approximate surface area is 230 Å². The fourth-order valence-corrected chi connectivity index (χ4v) is 7.43. The molecule has 0 spiro atoms. The van der Waals surface area contributed by atoms with E-state index in [1.807, 2.05) is 66.7 Å². The van der Waals surface area contributed by atoms with E-state index in [1.54, 1.807) is 7.11 Å². The lowest BCUT2D eigenvalue weighted by Gasteiger charge is -2.54. The van der Waals surface area contributed by atoms with E-state index in [1.165, 1.54) is 11.1 Å². The van der Waals surface area contributed by atoms with Gasteiger partial charge in [0.2, 0.25) is 0 Å². The highest BCUT2D eigenvalue weighted by Crippen LogP contribution is 2.59. The molecule has 0 bridgehead atoms. The molecule has 2 N–H and O–H groups in total. The summed E-state index contributed by atoms with van der Waals surface area (Å²) in [6.07, 6.45) is 1.61. The summed E-state index contributed by atoms with van der Waals surface area (Å²) in [4.78, 5) is 14.2. The number of methoxy groups -OCH3 is 1. The minimum atomic E-state index is -1.04. The third-order valence-electron chi connectivity index (χ3n) is 9.19. The number of Topliss-reactive ketones (excluding diaryl/α,β-unsaturated/α-hetero) is 1. The Morgan fingerprint density at radius 1 is 0.795 bits per heavy atom. The number of para-hydroxylation sites is 1. The molecule has 4 heteroatoms. The highest BCUT2D eigenvalue weighted by Gasteiger charge is 2.62. The molecule has 1 saturated carbocycles. The molecule has 4 nitrogen and oxygen atoms in total. The molecule has 4 aromatic carbocycles. The zero-order chi connectivity index (χ0) is 26.9. The van der Waals surface area contributed by atoms with Crippen LogP contribution in [0, 0.1) is 11.8 Å². The van der Waals surface area contributed by atoms with Crippen LogP contribution in [-0.2, 0) is 22.2 Å². The molecule has 1 saturated heterocycles. The van der Waals surface area contributed by atoms with Crippen LogP contribution in [0.2, 0.25) is 0 Å². The average molecular weight is 518 g/mol. The summed E-state index contributed by atoms with van der Waals surface area (Å²) in [7, 11) is 1.64. The quantitative estimate of drug-likeness (QED) is 0.331. The fraction of sp³-hybridized carbons (Fsp3) is 0.286. The second-order valence-electron chi connectivity index (χ2n) is 11.0. The number of hydrogen-bond acceptors (Lipinski definition) is 4. The van der Waals surface area contributed by atoms with Gasteiger partial charge in [0, 0.05) is 35.8 Å². The van der Waals surface area contributed by atoms with E-state index in [9.17, 15) is 9.90 Å². The number of rotatable bonds is 7. The first-order chi connectivity index (χ1) is 19.1. The standard InChI is InChI=1S/C35H35NO3/c1-39-31-20-12-11-13-25(31)23-30(37)33-32-29(24-36-33)35(38,28-18-9-4-10-19-28)22-21-34(32,26-14-5-2-6-15-26)27-16-7-3-8-17-27/h2-20,29,32-33,36,38H,21-24H2,1H3/t29-,32-,33?,35-/m1/s1. The Kier molecular flexibility index (Phi) is 6.84. The van der Waals surface area contributed by atoms with Crippen LogP contribution in [0.15, 0.2) is 115 Å². The maximum atomic E-state index is 14.2. The van der Waals surface area contributed by atoms with Crippen molar-refractivity contribution in [3.63, 3.8) is 0 Å². The van der Waals surface area contributed by atoms with Crippen LogP contribution in [0.4, 0.5) is 0 Å². The van der Waals surface area contributed by atoms with Crippen LogP contribution in [0.5, 0.6) is 5.75 Å². The number of ketones is 1. The highest BCUT2D eigenvalue weighted by molar-refractivity contribution is 5.88. The Morgan fingerprint density at radius 3 is 1.92 bits per heavy atom. The van der Waals surface area contributed by atoms with Gasteiger partial charge in [-0.2, -0.15) is 0 Å². The average Bonchev–Trinajstić information content (AvgIpc) is 3.47. The lowest BCUT2D eigenvalue weighted by atomic mass is 9.50. The molecule has 0 aromatic heterocycles. The molecule has 1 aliphatic heterocycles. The van der Waals surface area contributed by atoms with E-state index in [-0.39, 0.29) is 24.0 Å². The third kappa shape index (κ3) is 4.28. The molecule has 39 heavy (non-hydrogen) atoms. The second kappa shape index (κ2) is 10.4. The number of benzene rings is 4. The van der Waals surface area contributed by atoms with Crippen LogP contribution < -0.4 is 10.1 Å². The number of carbonyl (C=O) groups is 1. The van der Waals surface area contributed by atoms with E-state index >= 15 is 0 Å². The van der Waals surface area contributed by atoms with Gasteiger partial charge in [0.05, 0.1) is 18.8 Å². The van der Waals surface area contributed by atoms with Gasteiger partial charge in [-0.25, -0.2) is 0 Å². The topological polar surface area (TPSA) is 58.6 Å². The van der Waals surface area contributed by atoms with Crippen LogP contribution in [0.3, 0.4) is 0 Å². The van der Waals surface area contributed by atoms with Crippen molar-refractivity contribution in [2.24, 2.45) is 11.8 Å². The summed E-state index contributed by atoms with van der Waals surface area (Å²) >= 11 is 0. The van der Waals surface area contributed by atoms with Gasteiger partial charge >= 0.3 is 0 Å².